The molecule has 0 spiro atoms. The van der Waals surface area contributed by atoms with Gasteiger partial charge in [0.05, 0.1) is 0 Å². The summed E-state index contributed by atoms with van der Waals surface area (Å²) < 4.78 is 5.27. The molecule has 1 N–H and O–H groups in total. The molecule has 1 aliphatic heterocycles. The predicted octanol–water partition coefficient (Wildman–Crippen LogP) is 2.19. The first-order valence-electron chi connectivity index (χ1n) is 7.94. The van der Waals surface area contributed by atoms with E-state index in [1.165, 1.54) is 4.90 Å². The van der Waals surface area contributed by atoms with Gasteiger partial charge in [0.1, 0.15) is 13.2 Å². The highest BCUT2D eigenvalue weighted by Gasteiger charge is 2.26. The highest BCUT2D eigenvalue weighted by atomic mass is 16.6. The van der Waals surface area contributed by atoms with Crippen molar-refractivity contribution in [2.24, 2.45) is 0 Å². The Morgan fingerprint density at radius 2 is 2.04 bits per heavy atom. The van der Waals surface area contributed by atoms with Crippen LogP contribution in [-0.2, 0) is 16.1 Å². The van der Waals surface area contributed by atoms with Gasteiger partial charge < -0.3 is 14.7 Å². The van der Waals surface area contributed by atoms with Crippen LogP contribution in [0.15, 0.2) is 30.3 Å². The molecule has 1 atom stereocenters. The number of likely N-dealkylation sites (tertiary alicyclic amines) is 1. The number of nitrogens with zero attached hydrogens (tertiary/aromatic N) is 2. The zero-order chi connectivity index (χ0) is 16.7. The number of carbonyl (C=O) groups excluding carboxylic acids is 1. The first kappa shape index (κ1) is 17.3. The fourth-order valence-corrected chi connectivity index (χ4v) is 2.81. The lowest BCUT2D eigenvalue weighted by molar-refractivity contribution is -0.138. The molecular formula is C17H24N2O4. The minimum Gasteiger partial charge on any atom is -0.480 e. The third-order valence-corrected chi connectivity index (χ3v) is 4.14. The van der Waals surface area contributed by atoms with Crippen molar-refractivity contribution in [3.8, 4) is 0 Å². The van der Waals surface area contributed by atoms with Crippen molar-refractivity contribution in [3.63, 3.8) is 0 Å². The fraction of sp³-hybridized carbons (Fsp3) is 0.529. The third-order valence-electron chi connectivity index (χ3n) is 4.14. The molecule has 1 fully saturated rings. The van der Waals surface area contributed by atoms with E-state index in [9.17, 15) is 9.59 Å². The van der Waals surface area contributed by atoms with Crippen LogP contribution in [0.4, 0.5) is 4.79 Å². The smallest absolute Gasteiger partial charge is 0.410 e. The van der Waals surface area contributed by atoms with Gasteiger partial charge in [0, 0.05) is 12.6 Å². The number of carbonyl (C=O) groups is 2. The van der Waals surface area contributed by atoms with Crippen molar-refractivity contribution in [1.29, 1.82) is 0 Å². The van der Waals surface area contributed by atoms with Gasteiger partial charge in [-0.15, -0.1) is 0 Å². The predicted molar refractivity (Wildman–Crippen MR) is 86.1 cm³/mol. The Hall–Kier alpha value is -2.08. The van der Waals surface area contributed by atoms with Crippen LogP contribution < -0.4 is 0 Å². The first-order chi connectivity index (χ1) is 11.1. The highest BCUT2D eigenvalue weighted by Crippen LogP contribution is 2.16. The largest absolute Gasteiger partial charge is 0.480 e. The molecule has 126 valence electrons. The van der Waals surface area contributed by atoms with E-state index in [0.717, 1.165) is 31.4 Å². The van der Waals surface area contributed by atoms with E-state index >= 15 is 0 Å². The molecule has 0 bridgehead atoms. The number of aliphatic carboxylic acids is 1. The van der Waals surface area contributed by atoms with Crippen LogP contribution in [-0.4, -0.2) is 59.7 Å². The summed E-state index contributed by atoms with van der Waals surface area (Å²) in [5, 5.41) is 9.05. The lowest BCUT2D eigenvalue weighted by Gasteiger charge is -2.35. The van der Waals surface area contributed by atoms with Gasteiger partial charge in [0.15, 0.2) is 0 Å². The molecule has 0 saturated carbocycles. The number of amides is 1. The quantitative estimate of drug-likeness (QED) is 0.870. The number of rotatable bonds is 6. The van der Waals surface area contributed by atoms with Gasteiger partial charge in [-0.2, -0.15) is 0 Å². The summed E-state index contributed by atoms with van der Waals surface area (Å²) >= 11 is 0. The van der Waals surface area contributed by atoms with Gasteiger partial charge in [0.2, 0.25) is 0 Å². The highest BCUT2D eigenvalue weighted by molar-refractivity contribution is 5.76. The third kappa shape index (κ3) is 5.56. The second-order valence-electron chi connectivity index (χ2n) is 5.94. The van der Waals surface area contributed by atoms with Gasteiger partial charge >= 0.3 is 12.1 Å². The van der Waals surface area contributed by atoms with Crippen molar-refractivity contribution >= 4 is 12.1 Å². The number of hydrogen-bond donors (Lipinski definition) is 1. The molecule has 0 radical (unpaired) electrons. The topological polar surface area (TPSA) is 70.1 Å². The SMILES string of the molecule is CN1CCCCC1CN(CC(=O)O)C(=O)OCc1ccccc1. The summed E-state index contributed by atoms with van der Waals surface area (Å²) in [7, 11) is 2.01. The zero-order valence-electron chi connectivity index (χ0n) is 13.5. The van der Waals surface area contributed by atoms with Crippen molar-refractivity contribution in [2.45, 2.75) is 31.9 Å². The maximum atomic E-state index is 12.3. The summed E-state index contributed by atoms with van der Waals surface area (Å²) in [6.45, 7) is 1.18. The average molecular weight is 320 g/mol. The maximum absolute atomic E-state index is 12.3. The standard InChI is InChI=1S/C17H24N2O4/c1-18-10-6-5-9-15(18)11-19(12-16(20)21)17(22)23-13-14-7-3-2-4-8-14/h2-4,7-8,15H,5-6,9-13H2,1H3,(H,20,21). The second-order valence-corrected chi connectivity index (χ2v) is 5.94. The molecule has 6 nitrogen and oxygen atoms in total. The van der Waals surface area contributed by atoms with Gasteiger partial charge in [-0.1, -0.05) is 36.8 Å². The molecule has 1 aromatic rings. The maximum Gasteiger partial charge on any atom is 0.410 e. The summed E-state index contributed by atoms with van der Waals surface area (Å²) in [4.78, 5) is 26.8. The summed E-state index contributed by atoms with van der Waals surface area (Å²) in [5.74, 6) is -1.03. The number of ether oxygens (including phenoxy) is 1. The summed E-state index contributed by atoms with van der Waals surface area (Å²) in [6, 6.07) is 9.55. The molecule has 1 aromatic carbocycles. The molecule has 1 amide bonds. The van der Waals surface area contributed by atoms with E-state index in [4.69, 9.17) is 9.84 Å². The van der Waals surface area contributed by atoms with Crippen LogP contribution in [0, 0.1) is 0 Å². The van der Waals surface area contributed by atoms with Crippen molar-refractivity contribution < 1.29 is 19.4 Å². The normalized spacial score (nSPS) is 18.4. The van der Waals surface area contributed by atoms with E-state index in [1.54, 1.807) is 0 Å². The first-order valence-corrected chi connectivity index (χ1v) is 7.94. The van der Waals surface area contributed by atoms with Crippen molar-refractivity contribution in [2.75, 3.05) is 26.7 Å². The molecule has 1 saturated heterocycles. The molecule has 6 heteroatoms. The summed E-state index contributed by atoms with van der Waals surface area (Å²) in [6.07, 6.45) is 2.65. The van der Waals surface area contributed by atoms with Crippen LogP contribution in [0.2, 0.25) is 0 Å². The number of carboxylic acids is 1. The van der Waals surface area contributed by atoms with E-state index in [-0.39, 0.29) is 19.2 Å². The molecule has 0 aromatic heterocycles. The van der Waals surface area contributed by atoms with Crippen LogP contribution in [0.5, 0.6) is 0 Å². The number of likely N-dealkylation sites (N-methyl/N-ethyl adjacent to an activating group) is 1. The lowest BCUT2D eigenvalue weighted by Crippen LogP contribution is -2.48. The van der Waals surface area contributed by atoms with E-state index < -0.39 is 12.1 Å². The zero-order valence-corrected chi connectivity index (χ0v) is 13.5. The van der Waals surface area contributed by atoms with Gasteiger partial charge in [-0.05, 0) is 32.0 Å². The average Bonchev–Trinajstić information content (AvgIpc) is 2.54. The van der Waals surface area contributed by atoms with Crippen LogP contribution >= 0.6 is 0 Å². The molecule has 23 heavy (non-hydrogen) atoms. The van der Waals surface area contributed by atoms with Crippen molar-refractivity contribution in [1.82, 2.24) is 9.80 Å². The molecule has 2 rings (SSSR count). The molecular weight excluding hydrogens is 296 g/mol. The monoisotopic (exact) mass is 320 g/mol. The molecule has 1 unspecified atom stereocenters. The Bertz CT molecular complexity index is 521. The van der Waals surface area contributed by atoms with Gasteiger partial charge in [-0.25, -0.2) is 4.79 Å². The Morgan fingerprint density at radius 1 is 1.30 bits per heavy atom. The number of benzene rings is 1. The van der Waals surface area contributed by atoms with E-state index in [1.807, 2.05) is 37.4 Å². The minimum atomic E-state index is -1.03. The molecule has 0 aliphatic carbocycles. The number of piperidine rings is 1. The van der Waals surface area contributed by atoms with Crippen LogP contribution in [0.3, 0.4) is 0 Å². The van der Waals surface area contributed by atoms with Crippen LogP contribution in [0.1, 0.15) is 24.8 Å². The Morgan fingerprint density at radius 3 is 2.70 bits per heavy atom. The Labute approximate surface area is 136 Å². The lowest BCUT2D eigenvalue weighted by atomic mass is 10.0. The van der Waals surface area contributed by atoms with Gasteiger partial charge in [-0.3, -0.25) is 9.69 Å². The van der Waals surface area contributed by atoms with E-state index in [0.29, 0.717) is 6.54 Å². The molecule has 1 aliphatic rings. The Balaban J connectivity index is 1.93. The minimum absolute atomic E-state index is 0.149. The van der Waals surface area contributed by atoms with Crippen LogP contribution in [0.25, 0.3) is 0 Å². The van der Waals surface area contributed by atoms with E-state index in [2.05, 4.69) is 4.90 Å². The number of hydrogen-bond acceptors (Lipinski definition) is 4. The molecule has 1 heterocycles. The second kappa shape index (κ2) is 8.53. The number of carboxylic acid groups (broad SMARTS) is 1. The Kier molecular flexibility index (Phi) is 6.40. The van der Waals surface area contributed by atoms with Gasteiger partial charge in [0.25, 0.3) is 0 Å². The van der Waals surface area contributed by atoms with Crippen molar-refractivity contribution in [3.05, 3.63) is 35.9 Å². The fourth-order valence-electron chi connectivity index (χ4n) is 2.81. The summed E-state index contributed by atoms with van der Waals surface area (Å²) in [5.41, 5.74) is 0.880.